The number of carbonyl (C=O) groups excluding carboxylic acids is 3. The third-order valence-electron chi connectivity index (χ3n) is 4.66. The van der Waals surface area contributed by atoms with Gasteiger partial charge in [0.25, 0.3) is 5.91 Å². The van der Waals surface area contributed by atoms with Crippen LogP contribution < -0.4 is 0 Å². The van der Waals surface area contributed by atoms with Crippen LogP contribution in [0.1, 0.15) is 36.6 Å². The second-order valence-electron chi connectivity index (χ2n) is 6.40. The lowest BCUT2D eigenvalue weighted by Crippen LogP contribution is -2.40. The summed E-state index contributed by atoms with van der Waals surface area (Å²) in [5, 5.41) is 6.38. The molecule has 0 bridgehead atoms. The van der Waals surface area contributed by atoms with E-state index < -0.39 is 11.9 Å². The molecule has 27 heavy (non-hydrogen) atoms. The van der Waals surface area contributed by atoms with E-state index >= 15 is 0 Å². The van der Waals surface area contributed by atoms with Gasteiger partial charge in [-0.05, 0) is 29.8 Å². The molecule has 0 radical (unpaired) electrons. The average molecular weight is 386 g/mol. The van der Waals surface area contributed by atoms with E-state index in [4.69, 9.17) is 16.0 Å². The van der Waals surface area contributed by atoms with E-state index in [1.807, 2.05) is 12.1 Å². The summed E-state index contributed by atoms with van der Waals surface area (Å²) in [4.78, 5) is 37.5. The van der Waals surface area contributed by atoms with Crippen molar-refractivity contribution in [3.8, 4) is 0 Å². The fourth-order valence-corrected chi connectivity index (χ4v) is 3.39. The minimum Gasteiger partial charge on any atom is -0.467 e. The first-order chi connectivity index (χ1) is 13.0. The van der Waals surface area contributed by atoms with Crippen LogP contribution >= 0.6 is 11.6 Å². The zero-order valence-corrected chi connectivity index (χ0v) is 15.1. The highest BCUT2D eigenvalue weighted by Crippen LogP contribution is 2.33. The number of benzene rings is 1. The first-order valence-corrected chi connectivity index (χ1v) is 8.93. The van der Waals surface area contributed by atoms with Crippen molar-refractivity contribution in [1.29, 1.82) is 0 Å². The molecular weight excluding hydrogens is 370 g/mol. The van der Waals surface area contributed by atoms with Gasteiger partial charge in [-0.15, -0.1) is 0 Å². The Labute approximate surface area is 160 Å². The SMILES string of the molecule is O=C1CCC(=O)N1CC(=O)N1N=C(c2ccc(Cl)cc2)C[C@@H]1c1ccco1. The Hall–Kier alpha value is -2.93. The number of halogens is 1. The number of imide groups is 1. The summed E-state index contributed by atoms with van der Waals surface area (Å²) in [6, 6.07) is 10.3. The number of rotatable bonds is 4. The van der Waals surface area contributed by atoms with Crippen LogP contribution in [-0.4, -0.2) is 39.9 Å². The van der Waals surface area contributed by atoms with Crippen LogP contribution in [0.4, 0.5) is 0 Å². The Morgan fingerprint density at radius 2 is 1.85 bits per heavy atom. The average Bonchev–Trinajstić information content (AvgIpc) is 3.38. The normalized spacial score (nSPS) is 19.7. The van der Waals surface area contributed by atoms with E-state index in [0.29, 0.717) is 22.9 Å². The molecule has 1 atom stereocenters. The number of nitrogens with zero attached hydrogens (tertiary/aromatic N) is 3. The van der Waals surface area contributed by atoms with Gasteiger partial charge >= 0.3 is 0 Å². The molecule has 0 unspecified atom stereocenters. The van der Waals surface area contributed by atoms with Gasteiger partial charge in [0.1, 0.15) is 18.3 Å². The molecule has 2 aliphatic rings. The Kier molecular flexibility index (Phi) is 4.53. The smallest absolute Gasteiger partial charge is 0.263 e. The van der Waals surface area contributed by atoms with Crippen molar-refractivity contribution in [2.45, 2.75) is 25.3 Å². The van der Waals surface area contributed by atoms with Gasteiger partial charge in [-0.1, -0.05) is 23.7 Å². The lowest BCUT2D eigenvalue weighted by molar-refractivity contribution is -0.146. The van der Waals surface area contributed by atoms with E-state index in [1.54, 1.807) is 24.3 Å². The number of hydrogen-bond donors (Lipinski definition) is 0. The number of amides is 3. The molecule has 0 spiro atoms. The third-order valence-corrected chi connectivity index (χ3v) is 4.92. The Morgan fingerprint density at radius 3 is 2.48 bits per heavy atom. The van der Waals surface area contributed by atoms with Gasteiger partial charge < -0.3 is 4.42 Å². The summed E-state index contributed by atoms with van der Waals surface area (Å²) in [7, 11) is 0. The van der Waals surface area contributed by atoms with Gasteiger partial charge in [0.15, 0.2) is 0 Å². The topological polar surface area (TPSA) is 83.2 Å². The molecule has 8 heteroatoms. The molecule has 2 aromatic rings. The van der Waals surface area contributed by atoms with Crippen LogP contribution in [-0.2, 0) is 14.4 Å². The van der Waals surface area contributed by atoms with E-state index in [-0.39, 0.29) is 31.2 Å². The molecule has 7 nitrogen and oxygen atoms in total. The van der Waals surface area contributed by atoms with Gasteiger partial charge in [0.05, 0.1) is 12.0 Å². The molecule has 0 N–H and O–H groups in total. The predicted molar refractivity (Wildman–Crippen MR) is 96.9 cm³/mol. The van der Waals surface area contributed by atoms with E-state index in [1.165, 1.54) is 11.3 Å². The van der Waals surface area contributed by atoms with Gasteiger partial charge in [0, 0.05) is 24.3 Å². The molecule has 1 aromatic carbocycles. The molecule has 0 saturated carbocycles. The summed E-state index contributed by atoms with van der Waals surface area (Å²) in [6.45, 7) is -0.313. The van der Waals surface area contributed by atoms with Crippen LogP contribution in [0.3, 0.4) is 0 Å². The number of likely N-dealkylation sites (tertiary alicyclic amines) is 1. The second-order valence-corrected chi connectivity index (χ2v) is 6.84. The summed E-state index contributed by atoms with van der Waals surface area (Å²) in [5.41, 5.74) is 1.56. The van der Waals surface area contributed by atoms with Crippen molar-refractivity contribution in [2.24, 2.45) is 5.10 Å². The second kappa shape index (κ2) is 7.00. The molecule has 4 rings (SSSR count). The molecule has 1 aromatic heterocycles. The first kappa shape index (κ1) is 17.5. The maximum absolute atomic E-state index is 12.8. The minimum atomic E-state index is -0.427. The van der Waals surface area contributed by atoms with E-state index in [2.05, 4.69) is 5.10 Å². The molecule has 2 aliphatic heterocycles. The molecular formula is C19H16ClN3O4. The highest BCUT2D eigenvalue weighted by atomic mass is 35.5. The van der Waals surface area contributed by atoms with Crippen molar-refractivity contribution in [3.63, 3.8) is 0 Å². The molecule has 138 valence electrons. The van der Waals surface area contributed by atoms with Gasteiger partial charge in [-0.2, -0.15) is 5.10 Å². The van der Waals surface area contributed by atoms with Crippen molar-refractivity contribution in [1.82, 2.24) is 9.91 Å². The highest BCUT2D eigenvalue weighted by Gasteiger charge is 2.38. The standard InChI is InChI=1S/C19H16ClN3O4/c20-13-5-3-12(4-6-13)14-10-15(16-2-1-9-27-16)23(21-14)19(26)11-22-17(24)7-8-18(22)25/h1-6,9,15H,7-8,10-11H2/t15-/m1/s1. The van der Waals surface area contributed by atoms with Gasteiger partial charge in [-0.3, -0.25) is 19.3 Å². The molecule has 0 aliphatic carbocycles. The largest absolute Gasteiger partial charge is 0.467 e. The van der Waals surface area contributed by atoms with Crippen molar-refractivity contribution in [2.75, 3.05) is 6.54 Å². The fourth-order valence-electron chi connectivity index (χ4n) is 3.27. The van der Waals surface area contributed by atoms with Crippen LogP contribution in [0.2, 0.25) is 5.02 Å². The maximum Gasteiger partial charge on any atom is 0.263 e. The Bertz CT molecular complexity index is 905. The van der Waals surface area contributed by atoms with Crippen molar-refractivity contribution >= 4 is 35.0 Å². The van der Waals surface area contributed by atoms with Gasteiger partial charge in [-0.25, -0.2) is 5.01 Å². The lowest BCUT2D eigenvalue weighted by atomic mass is 10.0. The first-order valence-electron chi connectivity index (χ1n) is 8.55. The summed E-state index contributed by atoms with van der Waals surface area (Å²) < 4.78 is 5.48. The quantitative estimate of drug-likeness (QED) is 0.757. The van der Waals surface area contributed by atoms with Crippen LogP contribution in [0.25, 0.3) is 0 Å². The predicted octanol–water partition coefficient (Wildman–Crippen LogP) is 2.76. The summed E-state index contributed by atoms with van der Waals surface area (Å²) in [6.07, 6.45) is 2.29. The molecule has 3 amide bonds. The fraction of sp³-hybridized carbons (Fsp3) is 0.263. The zero-order valence-electron chi connectivity index (χ0n) is 14.3. The summed E-state index contributed by atoms with van der Waals surface area (Å²) >= 11 is 5.94. The van der Waals surface area contributed by atoms with Crippen molar-refractivity contribution in [3.05, 3.63) is 59.0 Å². The number of hydrogen-bond acceptors (Lipinski definition) is 5. The van der Waals surface area contributed by atoms with Crippen molar-refractivity contribution < 1.29 is 18.8 Å². The number of furan rings is 1. The van der Waals surface area contributed by atoms with E-state index in [9.17, 15) is 14.4 Å². The minimum absolute atomic E-state index is 0.146. The molecule has 1 fully saturated rings. The van der Waals surface area contributed by atoms with Crippen LogP contribution in [0.15, 0.2) is 52.2 Å². The number of hydrazone groups is 1. The Balaban J connectivity index is 1.61. The zero-order chi connectivity index (χ0) is 19.0. The van der Waals surface area contributed by atoms with Crippen LogP contribution in [0.5, 0.6) is 0 Å². The Morgan fingerprint density at radius 1 is 1.15 bits per heavy atom. The monoisotopic (exact) mass is 385 g/mol. The van der Waals surface area contributed by atoms with Crippen LogP contribution in [0, 0.1) is 0 Å². The third kappa shape index (κ3) is 3.38. The molecule has 1 saturated heterocycles. The number of carbonyl (C=O) groups is 3. The molecule has 3 heterocycles. The maximum atomic E-state index is 12.8. The van der Waals surface area contributed by atoms with Gasteiger partial charge in [0.2, 0.25) is 11.8 Å². The highest BCUT2D eigenvalue weighted by molar-refractivity contribution is 6.30. The van der Waals surface area contributed by atoms with E-state index in [0.717, 1.165) is 10.5 Å². The summed E-state index contributed by atoms with van der Waals surface area (Å²) in [5.74, 6) is -0.493. The lowest BCUT2D eigenvalue weighted by Gasteiger charge is -2.22.